The standard InChI is InChI=1S/C20H23NO4/c1-23-20(24-2)12-19(13-20)14-21(17(22)10-15-8-9-25-11-15)18(19)16-6-4-3-5-7-16/h3-9,11,18H,10,12-14H2,1-2H3. The van der Waals surface area contributed by atoms with Crippen molar-refractivity contribution in [2.24, 2.45) is 5.41 Å². The number of amides is 1. The lowest BCUT2D eigenvalue weighted by molar-refractivity contribution is -0.332. The molecule has 1 spiro atoms. The maximum Gasteiger partial charge on any atom is 0.227 e. The molecule has 1 saturated heterocycles. The second-order valence-corrected chi connectivity index (χ2v) is 7.18. The Balaban J connectivity index is 1.56. The van der Waals surface area contributed by atoms with Crippen LogP contribution in [0.15, 0.2) is 53.3 Å². The van der Waals surface area contributed by atoms with E-state index in [1.165, 1.54) is 5.56 Å². The molecule has 2 fully saturated rings. The van der Waals surface area contributed by atoms with E-state index in [2.05, 4.69) is 12.1 Å². The second kappa shape index (κ2) is 6.00. The molecule has 25 heavy (non-hydrogen) atoms. The van der Waals surface area contributed by atoms with Gasteiger partial charge < -0.3 is 18.8 Å². The number of carbonyl (C=O) groups is 1. The molecule has 1 atom stereocenters. The molecular weight excluding hydrogens is 318 g/mol. The van der Waals surface area contributed by atoms with Crippen molar-refractivity contribution in [2.45, 2.75) is 31.1 Å². The molecule has 5 nitrogen and oxygen atoms in total. The number of furan rings is 1. The van der Waals surface area contributed by atoms with Crippen LogP contribution in [0.3, 0.4) is 0 Å². The quantitative estimate of drug-likeness (QED) is 0.784. The van der Waals surface area contributed by atoms with Crippen LogP contribution in [0.1, 0.15) is 30.0 Å². The SMILES string of the molecule is COC1(OC)CC2(CN(C(=O)Cc3ccoc3)C2c2ccccc2)C1. The molecule has 1 aliphatic heterocycles. The molecule has 1 aliphatic carbocycles. The van der Waals surface area contributed by atoms with Gasteiger partial charge in [0, 0.05) is 39.0 Å². The second-order valence-electron chi connectivity index (χ2n) is 7.18. The molecule has 1 amide bonds. The third-order valence-electron chi connectivity index (χ3n) is 5.73. The van der Waals surface area contributed by atoms with Crippen LogP contribution in [-0.4, -0.2) is 37.4 Å². The minimum atomic E-state index is -0.507. The third-order valence-corrected chi connectivity index (χ3v) is 5.73. The van der Waals surface area contributed by atoms with Crippen molar-refractivity contribution in [2.75, 3.05) is 20.8 Å². The molecule has 4 rings (SSSR count). The Bertz CT molecular complexity index is 728. The Kier molecular flexibility index (Phi) is 3.93. The van der Waals surface area contributed by atoms with Crippen molar-refractivity contribution < 1.29 is 18.7 Å². The van der Waals surface area contributed by atoms with E-state index in [9.17, 15) is 4.79 Å². The third kappa shape index (κ3) is 2.58. The van der Waals surface area contributed by atoms with Crippen LogP contribution in [0.5, 0.6) is 0 Å². The smallest absolute Gasteiger partial charge is 0.227 e. The Labute approximate surface area is 147 Å². The molecule has 1 aromatic carbocycles. The lowest BCUT2D eigenvalue weighted by Crippen LogP contribution is -2.71. The average Bonchev–Trinajstić information content (AvgIpc) is 3.08. The van der Waals surface area contributed by atoms with Crippen molar-refractivity contribution in [3.05, 3.63) is 60.1 Å². The molecule has 2 aromatic rings. The first-order valence-corrected chi connectivity index (χ1v) is 8.57. The van der Waals surface area contributed by atoms with E-state index < -0.39 is 5.79 Å². The number of hydrogen-bond donors (Lipinski definition) is 0. The first-order valence-electron chi connectivity index (χ1n) is 8.57. The fourth-order valence-corrected chi connectivity index (χ4v) is 4.50. The van der Waals surface area contributed by atoms with Crippen LogP contribution in [0.4, 0.5) is 0 Å². The lowest BCUT2D eigenvalue weighted by atomic mass is 9.53. The molecule has 2 heterocycles. The molecule has 0 radical (unpaired) electrons. The highest BCUT2D eigenvalue weighted by atomic mass is 16.7. The number of benzene rings is 1. The number of carbonyl (C=O) groups excluding carboxylic acids is 1. The van der Waals surface area contributed by atoms with E-state index in [0.29, 0.717) is 6.42 Å². The van der Waals surface area contributed by atoms with E-state index in [0.717, 1.165) is 24.9 Å². The van der Waals surface area contributed by atoms with Gasteiger partial charge in [-0.1, -0.05) is 30.3 Å². The Hall–Kier alpha value is -2.11. The molecule has 0 N–H and O–H groups in total. The molecular formula is C20H23NO4. The monoisotopic (exact) mass is 341 g/mol. The van der Waals surface area contributed by atoms with Crippen molar-refractivity contribution >= 4 is 5.91 Å². The minimum absolute atomic E-state index is 0.0411. The van der Waals surface area contributed by atoms with Crippen molar-refractivity contribution in [3.8, 4) is 0 Å². The Morgan fingerprint density at radius 3 is 2.52 bits per heavy atom. The summed E-state index contributed by atoms with van der Waals surface area (Å²) < 4.78 is 16.2. The van der Waals surface area contributed by atoms with E-state index in [1.807, 2.05) is 29.2 Å². The van der Waals surface area contributed by atoms with Crippen LogP contribution in [0.25, 0.3) is 0 Å². The Morgan fingerprint density at radius 2 is 1.92 bits per heavy atom. The van der Waals surface area contributed by atoms with Crippen LogP contribution in [-0.2, 0) is 20.7 Å². The highest BCUT2D eigenvalue weighted by Crippen LogP contribution is 2.65. The van der Waals surface area contributed by atoms with Gasteiger partial charge in [0.15, 0.2) is 5.79 Å². The number of rotatable bonds is 5. The molecule has 132 valence electrons. The van der Waals surface area contributed by atoms with Gasteiger partial charge >= 0.3 is 0 Å². The van der Waals surface area contributed by atoms with Crippen molar-refractivity contribution in [1.29, 1.82) is 0 Å². The van der Waals surface area contributed by atoms with Gasteiger partial charge in [-0.3, -0.25) is 4.79 Å². The molecule has 0 bridgehead atoms. The zero-order chi connectivity index (χ0) is 17.5. The summed E-state index contributed by atoms with van der Waals surface area (Å²) in [5, 5.41) is 0. The van der Waals surface area contributed by atoms with E-state index in [1.54, 1.807) is 26.7 Å². The number of hydrogen-bond acceptors (Lipinski definition) is 4. The number of nitrogens with zero attached hydrogens (tertiary/aromatic N) is 1. The fourth-order valence-electron chi connectivity index (χ4n) is 4.50. The van der Waals surface area contributed by atoms with Gasteiger partial charge in [-0.05, 0) is 17.2 Å². The predicted molar refractivity (Wildman–Crippen MR) is 91.7 cm³/mol. The minimum Gasteiger partial charge on any atom is -0.472 e. The zero-order valence-electron chi connectivity index (χ0n) is 14.6. The van der Waals surface area contributed by atoms with E-state index >= 15 is 0 Å². The number of ether oxygens (including phenoxy) is 2. The lowest BCUT2D eigenvalue weighted by Gasteiger charge is -2.67. The molecule has 1 unspecified atom stereocenters. The summed E-state index contributed by atoms with van der Waals surface area (Å²) in [5.74, 6) is -0.375. The Morgan fingerprint density at radius 1 is 1.20 bits per heavy atom. The van der Waals surface area contributed by atoms with Gasteiger partial charge in [0.2, 0.25) is 5.91 Å². The topological polar surface area (TPSA) is 51.9 Å². The van der Waals surface area contributed by atoms with Gasteiger partial charge in [0.05, 0.1) is 25.0 Å². The maximum absolute atomic E-state index is 12.8. The van der Waals surface area contributed by atoms with Gasteiger partial charge in [-0.25, -0.2) is 0 Å². The maximum atomic E-state index is 12.8. The number of methoxy groups -OCH3 is 2. The summed E-state index contributed by atoms with van der Waals surface area (Å²) in [6.07, 6.45) is 5.22. The van der Waals surface area contributed by atoms with Gasteiger partial charge in [-0.15, -0.1) is 0 Å². The summed E-state index contributed by atoms with van der Waals surface area (Å²) in [5.41, 5.74) is 2.13. The highest BCUT2D eigenvalue weighted by Gasteiger charge is 2.67. The van der Waals surface area contributed by atoms with Crippen molar-refractivity contribution in [3.63, 3.8) is 0 Å². The molecule has 5 heteroatoms. The van der Waals surface area contributed by atoms with E-state index in [-0.39, 0.29) is 17.4 Å². The molecule has 1 aromatic heterocycles. The normalized spacial score (nSPS) is 23.1. The van der Waals surface area contributed by atoms with Gasteiger partial charge in [-0.2, -0.15) is 0 Å². The van der Waals surface area contributed by atoms with Crippen molar-refractivity contribution in [1.82, 2.24) is 4.90 Å². The van der Waals surface area contributed by atoms with Crippen LogP contribution < -0.4 is 0 Å². The summed E-state index contributed by atoms with van der Waals surface area (Å²) >= 11 is 0. The molecule has 2 aliphatic rings. The summed E-state index contributed by atoms with van der Waals surface area (Å²) in [6.45, 7) is 0.748. The van der Waals surface area contributed by atoms with E-state index in [4.69, 9.17) is 13.9 Å². The first kappa shape index (κ1) is 16.4. The highest BCUT2D eigenvalue weighted by molar-refractivity contribution is 5.80. The number of likely N-dealkylation sites (tertiary alicyclic amines) is 1. The molecule has 1 saturated carbocycles. The van der Waals surface area contributed by atoms with Crippen LogP contribution >= 0.6 is 0 Å². The van der Waals surface area contributed by atoms with Gasteiger partial charge in [0.1, 0.15) is 0 Å². The largest absolute Gasteiger partial charge is 0.472 e. The fraction of sp³-hybridized carbons (Fsp3) is 0.450. The first-order chi connectivity index (χ1) is 12.1. The summed E-state index contributed by atoms with van der Waals surface area (Å²) in [7, 11) is 3.38. The van der Waals surface area contributed by atoms with Crippen LogP contribution in [0, 0.1) is 5.41 Å². The summed E-state index contributed by atoms with van der Waals surface area (Å²) in [6, 6.07) is 12.2. The summed E-state index contributed by atoms with van der Waals surface area (Å²) in [4.78, 5) is 14.8. The van der Waals surface area contributed by atoms with Crippen LogP contribution in [0.2, 0.25) is 0 Å². The zero-order valence-corrected chi connectivity index (χ0v) is 14.6. The average molecular weight is 341 g/mol. The predicted octanol–water partition coefficient (Wildman–Crippen LogP) is 3.17. The van der Waals surface area contributed by atoms with Gasteiger partial charge in [0.25, 0.3) is 0 Å².